The van der Waals surface area contributed by atoms with Gasteiger partial charge in [-0.25, -0.2) is 0 Å². The fraction of sp³-hybridized carbons (Fsp3) is 0.257. The molecule has 5 rings (SSSR count). The maximum Gasteiger partial charge on any atom is 0.316 e. The van der Waals surface area contributed by atoms with E-state index in [1.54, 1.807) is 0 Å². The van der Waals surface area contributed by atoms with Crippen LogP contribution in [0.3, 0.4) is 0 Å². The Morgan fingerprint density at radius 1 is 0.692 bits per heavy atom. The fourth-order valence-electron chi connectivity index (χ4n) is 6.09. The fourth-order valence-corrected chi connectivity index (χ4v) is 6.09. The number of likely N-dealkylation sites (tertiary alicyclic amines) is 1. The molecule has 0 spiro atoms. The van der Waals surface area contributed by atoms with Gasteiger partial charge in [0.1, 0.15) is 0 Å². The van der Waals surface area contributed by atoms with Crippen molar-refractivity contribution >= 4 is 11.9 Å². The summed E-state index contributed by atoms with van der Waals surface area (Å²) in [4.78, 5) is 29.4. The van der Waals surface area contributed by atoms with Crippen LogP contribution in [-0.2, 0) is 25.2 Å². The molecule has 39 heavy (non-hydrogen) atoms. The van der Waals surface area contributed by atoms with E-state index in [9.17, 15) is 9.59 Å². The molecule has 0 radical (unpaired) electrons. The first-order valence-corrected chi connectivity index (χ1v) is 13.8. The average molecular weight is 518 g/mol. The Balaban J connectivity index is 1.49. The second-order valence-electron chi connectivity index (χ2n) is 10.2. The lowest BCUT2D eigenvalue weighted by molar-refractivity contribution is -0.154. The highest BCUT2D eigenvalue weighted by atomic mass is 16.5. The van der Waals surface area contributed by atoms with Crippen LogP contribution in [0.2, 0.25) is 0 Å². The van der Waals surface area contributed by atoms with Crippen molar-refractivity contribution in [2.45, 2.75) is 37.0 Å². The number of nitrogens with zero attached hydrogens (tertiary/aromatic N) is 1. The van der Waals surface area contributed by atoms with Gasteiger partial charge in [-0.2, -0.15) is 0 Å². The van der Waals surface area contributed by atoms with Gasteiger partial charge >= 0.3 is 5.97 Å². The minimum absolute atomic E-state index is 0.0806. The van der Waals surface area contributed by atoms with Crippen LogP contribution in [0.5, 0.6) is 0 Å². The number of piperidine rings is 1. The second kappa shape index (κ2) is 11.7. The number of rotatable bonds is 8. The van der Waals surface area contributed by atoms with E-state index in [1.807, 2.05) is 96.8 Å². The second-order valence-corrected chi connectivity index (χ2v) is 10.2. The molecule has 0 atom stereocenters. The minimum Gasteiger partial charge on any atom is -0.465 e. The monoisotopic (exact) mass is 517 g/mol. The molecule has 1 saturated heterocycles. The third-order valence-electron chi connectivity index (χ3n) is 8.18. The number of carbonyl (C=O) groups excluding carboxylic acids is 2. The number of carbonyl (C=O) groups is 2. The van der Waals surface area contributed by atoms with Crippen molar-refractivity contribution in [3.05, 3.63) is 144 Å². The smallest absolute Gasteiger partial charge is 0.316 e. The van der Waals surface area contributed by atoms with Gasteiger partial charge in [0.05, 0.1) is 17.4 Å². The zero-order valence-corrected chi connectivity index (χ0v) is 22.5. The highest BCUT2D eigenvalue weighted by Gasteiger charge is 2.46. The standard InChI is InChI=1S/C35H35NO3/c1-2-39-33(38)34(28-15-7-3-8-16-28)23-25-36(26-24-34)32(37)27-35(29-17-9-4-10-18-29,30-19-11-5-12-20-30)31-21-13-6-14-22-31/h3-22H,2,23-27H2,1H3. The lowest BCUT2D eigenvalue weighted by atomic mass is 9.67. The van der Waals surface area contributed by atoms with Crippen LogP contribution in [0, 0.1) is 0 Å². The number of benzene rings is 4. The molecule has 1 aliphatic heterocycles. The first kappa shape index (κ1) is 26.4. The molecular weight excluding hydrogens is 482 g/mol. The first-order valence-electron chi connectivity index (χ1n) is 13.8. The molecule has 1 fully saturated rings. The minimum atomic E-state index is -0.733. The molecular formula is C35H35NO3. The SMILES string of the molecule is CCOC(=O)C1(c2ccccc2)CCN(C(=O)CC(c2ccccc2)(c2ccccc2)c2ccccc2)CC1. The molecule has 0 aromatic heterocycles. The maximum absolute atomic E-state index is 14.2. The molecule has 4 heteroatoms. The van der Waals surface area contributed by atoms with Crippen molar-refractivity contribution in [1.29, 1.82) is 0 Å². The summed E-state index contributed by atoms with van der Waals surface area (Å²) in [5.74, 6) is -0.118. The molecule has 198 valence electrons. The molecule has 1 amide bonds. The summed E-state index contributed by atoms with van der Waals surface area (Å²) in [6.07, 6.45) is 1.37. The van der Waals surface area contributed by atoms with Crippen molar-refractivity contribution < 1.29 is 14.3 Å². The van der Waals surface area contributed by atoms with E-state index in [0.717, 1.165) is 22.3 Å². The molecule has 0 N–H and O–H groups in total. The summed E-state index contributed by atoms with van der Waals surface area (Å²) < 4.78 is 5.55. The highest BCUT2D eigenvalue weighted by Crippen LogP contribution is 2.43. The van der Waals surface area contributed by atoms with E-state index in [0.29, 0.717) is 39.0 Å². The Bertz CT molecular complexity index is 1270. The molecule has 0 saturated carbocycles. The lowest BCUT2D eigenvalue weighted by Gasteiger charge is -2.42. The topological polar surface area (TPSA) is 46.6 Å². The van der Waals surface area contributed by atoms with Crippen LogP contribution >= 0.6 is 0 Å². The summed E-state index contributed by atoms with van der Waals surface area (Å²) in [5, 5.41) is 0. The van der Waals surface area contributed by atoms with Crippen molar-refractivity contribution in [2.24, 2.45) is 0 Å². The molecule has 1 aliphatic rings. The molecule has 4 aromatic rings. The van der Waals surface area contributed by atoms with E-state index in [2.05, 4.69) is 36.4 Å². The molecule has 0 bridgehead atoms. The first-order chi connectivity index (χ1) is 19.1. The highest BCUT2D eigenvalue weighted by molar-refractivity contribution is 5.85. The number of hydrogen-bond donors (Lipinski definition) is 0. The Hall–Kier alpha value is -4.18. The Labute approximate surface area is 231 Å². The van der Waals surface area contributed by atoms with E-state index in [1.165, 1.54) is 0 Å². The summed E-state index contributed by atoms with van der Waals surface area (Å²) in [6, 6.07) is 40.8. The van der Waals surface area contributed by atoms with E-state index < -0.39 is 10.8 Å². The zero-order chi connectivity index (χ0) is 27.1. The van der Waals surface area contributed by atoms with Gasteiger partial charge in [0.25, 0.3) is 0 Å². The van der Waals surface area contributed by atoms with Crippen LogP contribution in [0.25, 0.3) is 0 Å². The van der Waals surface area contributed by atoms with Gasteiger partial charge < -0.3 is 9.64 Å². The third kappa shape index (κ3) is 5.12. The van der Waals surface area contributed by atoms with E-state index in [-0.39, 0.29) is 11.9 Å². The zero-order valence-electron chi connectivity index (χ0n) is 22.5. The lowest BCUT2D eigenvalue weighted by Crippen LogP contribution is -2.50. The van der Waals surface area contributed by atoms with Gasteiger partial charge in [0, 0.05) is 19.5 Å². The van der Waals surface area contributed by atoms with Crippen LogP contribution in [0.4, 0.5) is 0 Å². The quantitative estimate of drug-likeness (QED) is 0.197. The third-order valence-corrected chi connectivity index (χ3v) is 8.18. The molecule has 1 heterocycles. The van der Waals surface area contributed by atoms with Crippen LogP contribution in [0.15, 0.2) is 121 Å². The average Bonchev–Trinajstić information content (AvgIpc) is 3.01. The summed E-state index contributed by atoms with van der Waals surface area (Å²) in [6.45, 7) is 3.18. The largest absolute Gasteiger partial charge is 0.465 e. The van der Waals surface area contributed by atoms with Gasteiger partial charge in [0.15, 0.2) is 0 Å². The van der Waals surface area contributed by atoms with Gasteiger partial charge in [-0.3, -0.25) is 9.59 Å². The molecule has 0 unspecified atom stereocenters. The normalized spacial score (nSPS) is 14.9. The predicted molar refractivity (Wildman–Crippen MR) is 154 cm³/mol. The van der Waals surface area contributed by atoms with Gasteiger partial charge in [-0.15, -0.1) is 0 Å². The Morgan fingerprint density at radius 2 is 1.10 bits per heavy atom. The Morgan fingerprint density at radius 3 is 1.51 bits per heavy atom. The summed E-state index contributed by atoms with van der Waals surface area (Å²) in [7, 11) is 0. The van der Waals surface area contributed by atoms with Gasteiger partial charge in [-0.1, -0.05) is 121 Å². The van der Waals surface area contributed by atoms with Gasteiger partial charge in [0.2, 0.25) is 5.91 Å². The number of amides is 1. The molecule has 4 aromatic carbocycles. The van der Waals surface area contributed by atoms with E-state index >= 15 is 0 Å². The summed E-state index contributed by atoms with van der Waals surface area (Å²) >= 11 is 0. The van der Waals surface area contributed by atoms with E-state index in [4.69, 9.17) is 4.74 Å². The number of ether oxygens (including phenoxy) is 1. The van der Waals surface area contributed by atoms with Crippen LogP contribution < -0.4 is 0 Å². The van der Waals surface area contributed by atoms with Crippen molar-refractivity contribution in [2.75, 3.05) is 19.7 Å². The number of hydrogen-bond acceptors (Lipinski definition) is 3. The summed E-state index contributed by atoms with van der Waals surface area (Å²) in [5.41, 5.74) is 2.83. The molecule has 0 aliphatic carbocycles. The van der Waals surface area contributed by atoms with Crippen LogP contribution in [-0.4, -0.2) is 36.5 Å². The molecule has 4 nitrogen and oxygen atoms in total. The van der Waals surface area contributed by atoms with Crippen molar-refractivity contribution in [3.8, 4) is 0 Å². The van der Waals surface area contributed by atoms with Gasteiger partial charge in [-0.05, 0) is 42.0 Å². The predicted octanol–water partition coefficient (Wildman–Crippen LogP) is 6.53. The Kier molecular flexibility index (Phi) is 7.92. The van der Waals surface area contributed by atoms with Crippen molar-refractivity contribution in [1.82, 2.24) is 4.90 Å². The van der Waals surface area contributed by atoms with Crippen molar-refractivity contribution in [3.63, 3.8) is 0 Å². The number of esters is 1. The van der Waals surface area contributed by atoms with Crippen LogP contribution in [0.1, 0.15) is 48.4 Å². The maximum atomic E-state index is 14.2.